The van der Waals surface area contributed by atoms with Gasteiger partial charge in [-0.1, -0.05) is 42.5 Å². The predicted molar refractivity (Wildman–Crippen MR) is 125 cm³/mol. The van der Waals surface area contributed by atoms with Crippen molar-refractivity contribution in [2.45, 2.75) is 51.0 Å². The third kappa shape index (κ3) is 5.22. The highest BCUT2D eigenvalue weighted by Crippen LogP contribution is 2.45. The summed E-state index contributed by atoms with van der Waals surface area (Å²) in [5.41, 5.74) is 4.84. The third-order valence-electron chi connectivity index (χ3n) is 5.73. The summed E-state index contributed by atoms with van der Waals surface area (Å²) >= 11 is 0. The molecule has 1 aromatic heterocycles. The fraction of sp³-hybridized carbons (Fsp3) is 0.333. The monoisotopic (exact) mass is 433 g/mol. The number of para-hydroxylation sites is 1. The maximum Gasteiger partial charge on any atom is 0.305 e. The summed E-state index contributed by atoms with van der Waals surface area (Å²) in [7, 11) is 0. The largest absolute Gasteiger partial charge is 0.466 e. The third-order valence-corrected chi connectivity index (χ3v) is 5.73. The molecular formula is C27H28FNO3. The number of aliphatic hydroxyl groups is 1. The van der Waals surface area contributed by atoms with Gasteiger partial charge in [-0.2, -0.15) is 0 Å². The molecule has 0 spiro atoms. The first-order valence-corrected chi connectivity index (χ1v) is 11.3. The normalized spacial score (nSPS) is 14.7. The maximum atomic E-state index is 13.6. The second kappa shape index (κ2) is 10.0. The molecule has 0 radical (unpaired) electrons. The number of aliphatic hydroxyl groups excluding tert-OH is 1. The molecule has 0 saturated heterocycles. The lowest BCUT2D eigenvalue weighted by Gasteiger charge is -2.16. The zero-order valence-electron chi connectivity index (χ0n) is 18.3. The number of benzene rings is 2. The van der Waals surface area contributed by atoms with Crippen molar-refractivity contribution in [3.05, 3.63) is 71.7 Å². The molecule has 3 aromatic rings. The lowest BCUT2D eigenvalue weighted by atomic mass is 9.92. The molecule has 5 heteroatoms. The van der Waals surface area contributed by atoms with Crippen molar-refractivity contribution >= 4 is 22.9 Å². The molecule has 1 aliphatic carbocycles. The Kier molecular flexibility index (Phi) is 6.96. The van der Waals surface area contributed by atoms with Crippen molar-refractivity contribution in [1.29, 1.82) is 0 Å². The summed E-state index contributed by atoms with van der Waals surface area (Å²) in [6.07, 6.45) is 6.56. The Bertz CT molecular complexity index is 1120. The van der Waals surface area contributed by atoms with Crippen LogP contribution in [-0.2, 0) is 9.53 Å². The van der Waals surface area contributed by atoms with Crippen LogP contribution in [0.5, 0.6) is 0 Å². The van der Waals surface area contributed by atoms with E-state index in [0.29, 0.717) is 31.8 Å². The summed E-state index contributed by atoms with van der Waals surface area (Å²) in [6, 6.07) is 14.5. The Hall–Kier alpha value is -3.05. The Morgan fingerprint density at radius 2 is 1.97 bits per heavy atom. The van der Waals surface area contributed by atoms with Gasteiger partial charge in [0.2, 0.25) is 0 Å². The Morgan fingerprint density at radius 3 is 2.69 bits per heavy atom. The van der Waals surface area contributed by atoms with E-state index in [-0.39, 0.29) is 11.8 Å². The van der Waals surface area contributed by atoms with Gasteiger partial charge in [0.15, 0.2) is 0 Å². The van der Waals surface area contributed by atoms with Gasteiger partial charge in [0.25, 0.3) is 0 Å². The SMILES string of the molecule is CCOC(=O)CCCC(O)C=Cc1c(C2CC2)nc2ccccc2c1-c1ccc(F)cc1. The summed E-state index contributed by atoms with van der Waals surface area (Å²) in [5.74, 6) is -0.111. The Labute approximate surface area is 187 Å². The van der Waals surface area contributed by atoms with Crippen LogP contribution in [-0.4, -0.2) is 28.8 Å². The number of pyridine rings is 1. The van der Waals surface area contributed by atoms with E-state index in [4.69, 9.17) is 9.72 Å². The minimum atomic E-state index is -0.677. The number of nitrogens with zero attached hydrogens (tertiary/aromatic N) is 1. The molecule has 2 aromatic carbocycles. The van der Waals surface area contributed by atoms with Crippen molar-refractivity contribution in [3.63, 3.8) is 0 Å². The zero-order chi connectivity index (χ0) is 22.5. The molecule has 1 N–H and O–H groups in total. The van der Waals surface area contributed by atoms with E-state index in [1.54, 1.807) is 25.1 Å². The first-order valence-electron chi connectivity index (χ1n) is 11.3. The fourth-order valence-electron chi connectivity index (χ4n) is 4.00. The van der Waals surface area contributed by atoms with Crippen LogP contribution < -0.4 is 0 Å². The number of rotatable bonds is 9. The first-order chi connectivity index (χ1) is 15.6. The van der Waals surface area contributed by atoms with Gasteiger partial charge >= 0.3 is 5.97 Å². The molecule has 1 unspecified atom stereocenters. The van der Waals surface area contributed by atoms with E-state index >= 15 is 0 Å². The standard InChI is InChI=1S/C27H28FNO3/c1-2-32-25(31)9-5-6-21(30)16-17-23-26(18-12-14-20(28)15-13-18)22-7-3-4-8-24(22)29-27(23)19-10-11-19/h3-4,7-8,12-17,19,21,30H,2,5-6,9-11H2,1H3. The minimum Gasteiger partial charge on any atom is -0.466 e. The van der Waals surface area contributed by atoms with Crippen LogP contribution in [0.4, 0.5) is 4.39 Å². The van der Waals surface area contributed by atoms with Gasteiger partial charge in [-0.3, -0.25) is 9.78 Å². The van der Waals surface area contributed by atoms with Crippen LogP contribution >= 0.6 is 0 Å². The predicted octanol–water partition coefficient (Wildman–Crippen LogP) is 6.03. The number of fused-ring (bicyclic) bond motifs is 1. The van der Waals surface area contributed by atoms with Gasteiger partial charge in [0.05, 0.1) is 23.9 Å². The highest BCUT2D eigenvalue weighted by atomic mass is 19.1. The van der Waals surface area contributed by atoms with Gasteiger partial charge in [0, 0.05) is 28.9 Å². The number of hydrogen-bond donors (Lipinski definition) is 1. The molecule has 0 aliphatic heterocycles. The van der Waals surface area contributed by atoms with Crippen molar-refractivity contribution in [2.75, 3.05) is 6.61 Å². The molecule has 0 amide bonds. The van der Waals surface area contributed by atoms with Gasteiger partial charge < -0.3 is 9.84 Å². The van der Waals surface area contributed by atoms with Crippen molar-refractivity contribution < 1.29 is 19.0 Å². The molecule has 4 rings (SSSR count). The Morgan fingerprint density at radius 1 is 1.22 bits per heavy atom. The number of esters is 1. The lowest BCUT2D eigenvalue weighted by Crippen LogP contribution is -2.07. The summed E-state index contributed by atoms with van der Waals surface area (Å²) < 4.78 is 18.6. The van der Waals surface area contributed by atoms with Gasteiger partial charge in [-0.15, -0.1) is 0 Å². The van der Waals surface area contributed by atoms with Crippen LogP contribution in [0.3, 0.4) is 0 Å². The van der Waals surface area contributed by atoms with Crippen LogP contribution in [0.25, 0.3) is 28.1 Å². The smallest absolute Gasteiger partial charge is 0.305 e. The van der Waals surface area contributed by atoms with Gasteiger partial charge in [-0.05, 0) is 56.4 Å². The summed E-state index contributed by atoms with van der Waals surface area (Å²) in [4.78, 5) is 16.5. The van der Waals surface area contributed by atoms with E-state index in [1.165, 1.54) is 12.1 Å². The van der Waals surface area contributed by atoms with Gasteiger partial charge in [-0.25, -0.2) is 4.39 Å². The van der Waals surface area contributed by atoms with Gasteiger partial charge in [0.1, 0.15) is 5.82 Å². The number of aromatic nitrogens is 1. The van der Waals surface area contributed by atoms with Crippen LogP contribution in [0.15, 0.2) is 54.6 Å². The number of carbonyl (C=O) groups excluding carboxylic acids is 1. The van der Waals surface area contributed by atoms with E-state index in [9.17, 15) is 14.3 Å². The molecule has 166 valence electrons. The molecule has 1 fully saturated rings. The molecule has 32 heavy (non-hydrogen) atoms. The van der Waals surface area contributed by atoms with Crippen molar-refractivity contribution in [3.8, 4) is 11.1 Å². The van der Waals surface area contributed by atoms with Crippen LogP contribution in [0.1, 0.15) is 56.2 Å². The molecule has 1 saturated carbocycles. The quantitative estimate of drug-likeness (QED) is 0.419. The topological polar surface area (TPSA) is 59.4 Å². The van der Waals surface area contributed by atoms with Crippen molar-refractivity contribution in [2.24, 2.45) is 0 Å². The van der Waals surface area contributed by atoms with E-state index in [1.807, 2.05) is 30.3 Å². The molecule has 1 heterocycles. The Balaban J connectivity index is 1.68. The van der Waals surface area contributed by atoms with E-state index in [0.717, 1.165) is 46.1 Å². The first kappa shape index (κ1) is 22.2. The summed E-state index contributed by atoms with van der Waals surface area (Å²) in [6.45, 7) is 2.15. The average molecular weight is 434 g/mol. The number of hydrogen-bond acceptors (Lipinski definition) is 4. The molecular weight excluding hydrogens is 405 g/mol. The second-order valence-corrected chi connectivity index (χ2v) is 8.21. The molecule has 1 aliphatic rings. The minimum absolute atomic E-state index is 0.239. The number of carbonyl (C=O) groups is 1. The van der Waals surface area contributed by atoms with E-state index in [2.05, 4.69) is 0 Å². The second-order valence-electron chi connectivity index (χ2n) is 8.21. The molecule has 0 bridgehead atoms. The fourth-order valence-corrected chi connectivity index (χ4v) is 4.00. The van der Waals surface area contributed by atoms with Crippen LogP contribution in [0, 0.1) is 5.82 Å². The zero-order valence-corrected chi connectivity index (χ0v) is 18.3. The van der Waals surface area contributed by atoms with E-state index < -0.39 is 6.10 Å². The molecule has 1 atom stereocenters. The number of halogens is 1. The highest BCUT2D eigenvalue weighted by molar-refractivity contribution is 5.99. The van der Waals surface area contributed by atoms with Crippen molar-refractivity contribution in [1.82, 2.24) is 4.98 Å². The lowest BCUT2D eigenvalue weighted by molar-refractivity contribution is -0.143. The molecule has 4 nitrogen and oxygen atoms in total. The summed E-state index contributed by atoms with van der Waals surface area (Å²) in [5, 5.41) is 11.5. The van der Waals surface area contributed by atoms with Crippen LogP contribution in [0.2, 0.25) is 0 Å². The number of ether oxygens (including phenoxy) is 1. The average Bonchev–Trinajstić information content (AvgIpc) is 3.63. The highest BCUT2D eigenvalue weighted by Gasteiger charge is 2.29. The maximum absolute atomic E-state index is 13.6.